The molecule has 0 saturated carbocycles. The fourth-order valence-corrected chi connectivity index (χ4v) is 0.275. The fraction of sp³-hybridized carbons (Fsp3) is 0.200. The second kappa shape index (κ2) is 2.86. The molecule has 3 N–H and O–H groups in total. The molecule has 0 fully saturated rings. The van der Waals surface area contributed by atoms with Crippen molar-refractivity contribution in [1.29, 1.82) is 0 Å². The summed E-state index contributed by atoms with van der Waals surface area (Å²) in [5.74, 6) is -1.87. The molecule has 0 aromatic heterocycles. The Morgan fingerprint density at radius 2 is 2.00 bits per heavy atom. The normalized spacial score (nSPS) is 11.0. The number of nitrogens with two attached hydrogens (primary N) is 1. The highest BCUT2D eigenvalue weighted by atomic mass is 16.4. The SMILES string of the molecule is C/C(=C\C(N)=O)C(=O)O. The van der Waals surface area contributed by atoms with Crippen LogP contribution in [0.15, 0.2) is 11.6 Å². The quantitative estimate of drug-likeness (QED) is 0.493. The summed E-state index contributed by atoms with van der Waals surface area (Å²) in [5, 5.41) is 8.15. The molecule has 0 heterocycles. The Labute approximate surface area is 52.0 Å². The maximum absolute atomic E-state index is 10.00. The van der Waals surface area contributed by atoms with Crippen molar-refractivity contribution in [2.75, 3.05) is 0 Å². The van der Waals surface area contributed by atoms with Crippen molar-refractivity contribution in [3.63, 3.8) is 0 Å². The van der Waals surface area contributed by atoms with Crippen LogP contribution in [0.5, 0.6) is 0 Å². The fourth-order valence-electron chi connectivity index (χ4n) is 0.275. The zero-order valence-corrected chi connectivity index (χ0v) is 4.92. The lowest BCUT2D eigenvalue weighted by Gasteiger charge is -1.87. The predicted octanol–water partition coefficient (Wildman–Crippen LogP) is -0.497. The number of carboxylic acid groups (broad SMARTS) is 1. The molecule has 0 radical (unpaired) electrons. The van der Waals surface area contributed by atoms with E-state index >= 15 is 0 Å². The van der Waals surface area contributed by atoms with E-state index < -0.39 is 11.9 Å². The van der Waals surface area contributed by atoms with E-state index in [1.807, 2.05) is 0 Å². The predicted molar refractivity (Wildman–Crippen MR) is 30.6 cm³/mol. The molecule has 50 valence electrons. The zero-order chi connectivity index (χ0) is 7.44. The van der Waals surface area contributed by atoms with Crippen molar-refractivity contribution in [1.82, 2.24) is 0 Å². The monoisotopic (exact) mass is 129 g/mol. The molecule has 0 aliphatic carbocycles. The van der Waals surface area contributed by atoms with Gasteiger partial charge in [-0.2, -0.15) is 0 Å². The second-order valence-electron chi connectivity index (χ2n) is 1.53. The minimum Gasteiger partial charge on any atom is -0.478 e. The van der Waals surface area contributed by atoms with Crippen LogP contribution in [-0.2, 0) is 9.59 Å². The van der Waals surface area contributed by atoms with Gasteiger partial charge in [0.15, 0.2) is 0 Å². The lowest BCUT2D eigenvalue weighted by molar-refractivity contribution is -0.132. The van der Waals surface area contributed by atoms with Gasteiger partial charge in [-0.05, 0) is 6.92 Å². The summed E-state index contributed by atoms with van der Waals surface area (Å²) in [7, 11) is 0. The molecule has 0 aromatic rings. The molecule has 0 saturated heterocycles. The van der Waals surface area contributed by atoms with Crippen LogP contribution in [0.25, 0.3) is 0 Å². The number of carbonyl (C=O) groups excluding carboxylic acids is 1. The van der Waals surface area contributed by atoms with E-state index in [0.29, 0.717) is 0 Å². The third-order valence-corrected chi connectivity index (χ3v) is 0.696. The average Bonchev–Trinajstić information content (AvgIpc) is 1.63. The van der Waals surface area contributed by atoms with Crippen LogP contribution >= 0.6 is 0 Å². The van der Waals surface area contributed by atoms with Gasteiger partial charge in [0.05, 0.1) is 0 Å². The summed E-state index contributed by atoms with van der Waals surface area (Å²) in [6, 6.07) is 0. The molecular weight excluding hydrogens is 122 g/mol. The molecule has 0 unspecified atom stereocenters. The van der Waals surface area contributed by atoms with Crippen LogP contribution in [0.1, 0.15) is 6.92 Å². The van der Waals surface area contributed by atoms with Crippen LogP contribution in [0.3, 0.4) is 0 Å². The Morgan fingerprint density at radius 1 is 1.56 bits per heavy atom. The topological polar surface area (TPSA) is 80.4 Å². The number of rotatable bonds is 2. The molecular formula is C5H7NO3. The summed E-state index contributed by atoms with van der Waals surface area (Å²) >= 11 is 0. The molecule has 9 heavy (non-hydrogen) atoms. The minimum absolute atomic E-state index is 0.0532. The van der Waals surface area contributed by atoms with Gasteiger partial charge < -0.3 is 10.8 Å². The van der Waals surface area contributed by atoms with E-state index in [9.17, 15) is 9.59 Å². The highest BCUT2D eigenvalue weighted by Gasteiger charge is 1.99. The van der Waals surface area contributed by atoms with Crippen LogP contribution in [0.4, 0.5) is 0 Å². The van der Waals surface area contributed by atoms with Gasteiger partial charge in [0.25, 0.3) is 0 Å². The molecule has 0 aromatic carbocycles. The first-order chi connectivity index (χ1) is 4.04. The molecule has 0 aliphatic heterocycles. The first kappa shape index (κ1) is 7.68. The van der Waals surface area contributed by atoms with Crippen LogP contribution in [0, 0.1) is 0 Å². The molecule has 0 aliphatic rings. The second-order valence-corrected chi connectivity index (χ2v) is 1.53. The Kier molecular flexibility index (Phi) is 2.44. The molecule has 0 rings (SSSR count). The van der Waals surface area contributed by atoms with Gasteiger partial charge in [0.2, 0.25) is 5.91 Å². The van der Waals surface area contributed by atoms with Crippen molar-refractivity contribution in [2.24, 2.45) is 5.73 Å². The minimum atomic E-state index is -1.13. The third-order valence-electron chi connectivity index (χ3n) is 0.696. The standard InChI is InChI=1S/C5H7NO3/c1-3(5(8)9)2-4(6)7/h2H,1H3,(H2,6,7)(H,8,9)/b3-2+. The van der Waals surface area contributed by atoms with E-state index in [1.165, 1.54) is 6.92 Å². The smallest absolute Gasteiger partial charge is 0.331 e. The summed E-state index contributed by atoms with van der Waals surface area (Å²) < 4.78 is 0. The first-order valence-electron chi connectivity index (χ1n) is 2.25. The number of carboxylic acids is 1. The molecule has 1 amide bonds. The van der Waals surface area contributed by atoms with E-state index in [1.54, 1.807) is 0 Å². The largest absolute Gasteiger partial charge is 0.478 e. The number of carbonyl (C=O) groups is 2. The van der Waals surface area contributed by atoms with Gasteiger partial charge >= 0.3 is 5.97 Å². The summed E-state index contributed by atoms with van der Waals surface area (Å²) in [5.41, 5.74) is 4.60. The number of aliphatic carboxylic acids is 1. The van der Waals surface area contributed by atoms with Crippen LogP contribution in [-0.4, -0.2) is 17.0 Å². The van der Waals surface area contributed by atoms with Crippen molar-refractivity contribution < 1.29 is 14.7 Å². The van der Waals surface area contributed by atoms with Gasteiger partial charge in [-0.15, -0.1) is 0 Å². The summed E-state index contributed by atoms with van der Waals surface area (Å²) in [4.78, 5) is 20.0. The van der Waals surface area contributed by atoms with Gasteiger partial charge in [-0.25, -0.2) is 4.79 Å². The average molecular weight is 129 g/mol. The summed E-state index contributed by atoms with van der Waals surface area (Å²) in [6.45, 7) is 1.30. The van der Waals surface area contributed by atoms with Crippen molar-refractivity contribution in [2.45, 2.75) is 6.92 Å². The van der Waals surface area contributed by atoms with Crippen molar-refractivity contribution >= 4 is 11.9 Å². The Hall–Kier alpha value is -1.32. The number of hydrogen-bond donors (Lipinski definition) is 2. The highest BCUT2D eigenvalue weighted by Crippen LogP contribution is 1.88. The van der Waals surface area contributed by atoms with E-state index in [2.05, 4.69) is 5.73 Å². The van der Waals surface area contributed by atoms with E-state index in [4.69, 9.17) is 5.11 Å². The molecule has 0 bridgehead atoms. The number of amides is 1. The lowest BCUT2D eigenvalue weighted by Crippen LogP contribution is -2.09. The van der Waals surface area contributed by atoms with E-state index in [-0.39, 0.29) is 5.57 Å². The first-order valence-corrected chi connectivity index (χ1v) is 2.25. The van der Waals surface area contributed by atoms with Crippen molar-refractivity contribution in [3.05, 3.63) is 11.6 Å². The van der Waals surface area contributed by atoms with Gasteiger partial charge in [0.1, 0.15) is 0 Å². The van der Waals surface area contributed by atoms with Crippen LogP contribution in [0.2, 0.25) is 0 Å². The third kappa shape index (κ3) is 3.28. The Bertz CT molecular complexity index is 171. The lowest BCUT2D eigenvalue weighted by atomic mass is 10.3. The maximum Gasteiger partial charge on any atom is 0.331 e. The molecule has 4 nitrogen and oxygen atoms in total. The van der Waals surface area contributed by atoms with Gasteiger partial charge in [-0.1, -0.05) is 0 Å². The number of hydrogen-bond acceptors (Lipinski definition) is 2. The van der Waals surface area contributed by atoms with Crippen molar-refractivity contribution in [3.8, 4) is 0 Å². The maximum atomic E-state index is 10.00. The number of primary amides is 1. The summed E-state index contributed by atoms with van der Waals surface area (Å²) in [6.07, 6.45) is 0.863. The molecule has 0 spiro atoms. The van der Waals surface area contributed by atoms with E-state index in [0.717, 1.165) is 6.08 Å². The highest BCUT2D eigenvalue weighted by molar-refractivity contribution is 5.96. The van der Waals surface area contributed by atoms with Crippen LogP contribution < -0.4 is 5.73 Å². The Morgan fingerprint density at radius 3 is 2.11 bits per heavy atom. The Balaban J connectivity index is 4.17. The van der Waals surface area contributed by atoms with Gasteiger partial charge in [0, 0.05) is 11.6 Å². The van der Waals surface area contributed by atoms with Gasteiger partial charge in [-0.3, -0.25) is 4.79 Å². The molecule has 0 atom stereocenters. The molecule has 4 heteroatoms. The zero-order valence-electron chi connectivity index (χ0n) is 4.92.